The van der Waals surface area contributed by atoms with Crippen LogP contribution in [0.4, 0.5) is 0 Å². The SMILES string of the molecule is COc1cccc(OC(C)CN=C(N)NCC2CCC2)c1.I. The summed E-state index contributed by atoms with van der Waals surface area (Å²) in [6.45, 7) is 3.43. The summed E-state index contributed by atoms with van der Waals surface area (Å²) in [6, 6.07) is 7.55. The molecule has 0 spiro atoms. The summed E-state index contributed by atoms with van der Waals surface area (Å²) in [6.07, 6.45) is 3.90. The molecule has 0 aliphatic heterocycles. The van der Waals surface area contributed by atoms with Crippen molar-refractivity contribution in [3.8, 4) is 11.5 Å². The standard InChI is InChI=1S/C16H25N3O2.HI/c1-12(21-15-8-4-7-14(9-15)20-2)10-18-16(17)19-11-13-5-3-6-13;/h4,7-9,12-13H,3,5-6,10-11H2,1-2H3,(H3,17,18,19);1H. The van der Waals surface area contributed by atoms with Crippen molar-refractivity contribution in [2.24, 2.45) is 16.6 Å². The highest BCUT2D eigenvalue weighted by atomic mass is 127. The predicted octanol–water partition coefficient (Wildman–Crippen LogP) is 2.78. The van der Waals surface area contributed by atoms with Gasteiger partial charge in [-0.1, -0.05) is 12.5 Å². The summed E-state index contributed by atoms with van der Waals surface area (Å²) in [7, 11) is 1.64. The zero-order valence-electron chi connectivity index (χ0n) is 13.2. The van der Waals surface area contributed by atoms with E-state index in [4.69, 9.17) is 15.2 Å². The van der Waals surface area contributed by atoms with Crippen LogP contribution in [0.15, 0.2) is 29.3 Å². The number of halogens is 1. The second-order valence-electron chi connectivity index (χ2n) is 5.51. The number of benzene rings is 1. The van der Waals surface area contributed by atoms with Gasteiger partial charge >= 0.3 is 0 Å². The van der Waals surface area contributed by atoms with Crippen LogP contribution in [0.3, 0.4) is 0 Å². The Bertz CT molecular complexity index is 478. The van der Waals surface area contributed by atoms with Gasteiger partial charge in [-0.25, -0.2) is 4.99 Å². The van der Waals surface area contributed by atoms with Crippen LogP contribution < -0.4 is 20.5 Å². The molecule has 5 nitrogen and oxygen atoms in total. The Morgan fingerprint density at radius 3 is 2.77 bits per heavy atom. The summed E-state index contributed by atoms with van der Waals surface area (Å²) >= 11 is 0. The van der Waals surface area contributed by atoms with E-state index in [1.54, 1.807) is 7.11 Å². The van der Waals surface area contributed by atoms with E-state index in [0.717, 1.165) is 24.0 Å². The maximum Gasteiger partial charge on any atom is 0.188 e. The third-order valence-corrected chi connectivity index (χ3v) is 3.69. The molecule has 0 heterocycles. The number of nitrogens with two attached hydrogens (primary N) is 1. The summed E-state index contributed by atoms with van der Waals surface area (Å²) in [4.78, 5) is 4.32. The lowest BCUT2D eigenvalue weighted by Crippen LogP contribution is -2.37. The Balaban J connectivity index is 0.00000242. The quantitative estimate of drug-likeness (QED) is 0.405. The highest BCUT2D eigenvalue weighted by molar-refractivity contribution is 14.0. The minimum atomic E-state index is -0.0406. The Labute approximate surface area is 149 Å². The number of rotatable bonds is 7. The fourth-order valence-electron chi connectivity index (χ4n) is 2.17. The van der Waals surface area contributed by atoms with Gasteiger partial charge in [0.2, 0.25) is 0 Å². The second kappa shape index (κ2) is 9.76. The van der Waals surface area contributed by atoms with Crippen molar-refractivity contribution in [3.05, 3.63) is 24.3 Å². The Morgan fingerprint density at radius 2 is 2.14 bits per heavy atom. The molecule has 0 amide bonds. The summed E-state index contributed by atoms with van der Waals surface area (Å²) in [5.41, 5.74) is 5.85. The van der Waals surface area contributed by atoms with Crippen molar-refractivity contribution >= 4 is 29.9 Å². The van der Waals surface area contributed by atoms with Gasteiger partial charge in [0.05, 0.1) is 13.7 Å². The molecule has 1 fully saturated rings. The van der Waals surface area contributed by atoms with E-state index < -0.39 is 0 Å². The molecule has 22 heavy (non-hydrogen) atoms. The maximum absolute atomic E-state index is 5.85. The highest BCUT2D eigenvalue weighted by Gasteiger charge is 2.16. The molecule has 1 saturated carbocycles. The maximum atomic E-state index is 5.85. The van der Waals surface area contributed by atoms with Crippen LogP contribution >= 0.6 is 24.0 Å². The largest absolute Gasteiger partial charge is 0.497 e. The molecule has 1 aromatic rings. The first kappa shape index (κ1) is 18.9. The summed E-state index contributed by atoms with van der Waals surface area (Å²) in [5, 5.41) is 3.17. The van der Waals surface area contributed by atoms with Crippen molar-refractivity contribution in [3.63, 3.8) is 0 Å². The van der Waals surface area contributed by atoms with Crippen LogP contribution in [0, 0.1) is 5.92 Å². The predicted molar refractivity (Wildman–Crippen MR) is 100 cm³/mol. The molecule has 0 saturated heterocycles. The number of ether oxygens (including phenoxy) is 2. The number of hydrogen-bond acceptors (Lipinski definition) is 3. The molecule has 0 bridgehead atoms. The van der Waals surface area contributed by atoms with Gasteiger partial charge in [-0.3, -0.25) is 0 Å². The van der Waals surface area contributed by atoms with Crippen molar-refractivity contribution in [1.82, 2.24) is 5.32 Å². The molecule has 1 aliphatic carbocycles. The Hall–Kier alpha value is -1.18. The van der Waals surface area contributed by atoms with Crippen LogP contribution in [-0.4, -0.2) is 32.3 Å². The number of hydrogen-bond donors (Lipinski definition) is 2. The van der Waals surface area contributed by atoms with Gasteiger partial charge < -0.3 is 20.5 Å². The first-order valence-electron chi connectivity index (χ1n) is 7.52. The number of methoxy groups -OCH3 is 1. The summed E-state index contributed by atoms with van der Waals surface area (Å²) < 4.78 is 11.0. The van der Waals surface area contributed by atoms with Gasteiger partial charge in [-0.15, -0.1) is 24.0 Å². The fraction of sp³-hybridized carbons (Fsp3) is 0.562. The van der Waals surface area contributed by atoms with Crippen LogP contribution in [0.2, 0.25) is 0 Å². The van der Waals surface area contributed by atoms with E-state index in [9.17, 15) is 0 Å². The first-order chi connectivity index (χ1) is 10.2. The third kappa shape index (κ3) is 6.29. The lowest BCUT2D eigenvalue weighted by molar-refractivity contribution is 0.229. The number of nitrogens with zero attached hydrogens (tertiary/aromatic N) is 1. The van der Waals surface area contributed by atoms with E-state index in [0.29, 0.717) is 12.5 Å². The number of aliphatic imine (C=N–C) groups is 1. The van der Waals surface area contributed by atoms with Gasteiger partial charge in [-0.2, -0.15) is 0 Å². The zero-order valence-corrected chi connectivity index (χ0v) is 15.6. The van der Waals surface area contributed by atoms with Crippen LogP contribution in [0.5, 0.6) is 11.5 Å². The molecule has 124 valence electrons. The van der Waals surface area contributed by atoms with Gasteiger partial charge in [0, 0.05) is 12.6 Å². The number of guanidine groups is 1. The van der Waals surface area contributed by atoms with Crippen molar-refractivity contribution < 1.29 is 9.47 Å². The summed E-state index contributed by atoms with van der Waals surface area (Å²) in [5.74, 6) is 2.83. The van der Waals surface area contributed by atoms with Crippen LogP contribution in [0.1, 0.15) is 26.2 Å². The molecule has 0 radical (unpaired) electrons. The molecule has 2 rings (SSSR count). The molecular weight excluding hydrogens is 393 g/mol. The molecule has 1 atom stereocenters. The molecule has 0 aromatic heterocycles. The van der Waals surface area contributed by atoms with Gasteiger partial charge in [0.25, 0.3) is 0 Å². The minimum Gasteiger partial charge on any atom is -0.497 e. The number of nitrogens with one attached hydrogen (secondary N) is 1. The monoisotopic (exact) mass is 419 g/mol. The highest BCUT2D eigenvalue weighted by Crippen LogP contribution is 2.25. The second-order valence-corrected chi connectivity index (χ2v) is 5.51. The van der Waals surface area contributed by atoms with E-state index in [1.807, 2.05) is 31.2 Å². The van der Waals surface area contributed by atoms with Gasteiger partial charge in [0.15, 0.2) is 5.96 Å². The molecule has 6 heteroatoms. The zero-order chi connectivity index (χ0) is 15.1. The molecule has 1 aliphatic rings. The molecule has 3 N–H and O–H groups in total. The minimum absolute atomic E-state index is 0. The molecule has 1 aromatic carbocycles. The lowest BCUT2D eigenvalue weighted by atomic mass is 9.85. The van der Waals surface area contributed by atoms with E-state index in [1.165, 1.54) is 19.3 Å². The molecular formula is C16H26IN3O2. The van der Waals surface area contributed by atoms with Crippen molar-refractivity contribution in [1.29, 1.82) is 0 Å². The fourth-order valence-corrected chi connectivity index (χ4v) is 2.17. The van der Waals surface area contributed by atoms with Crippen LogP contribution in [0.25, 0.3) is 0 Å². The van der Waals surface area contributed by atoms with Crippen molar-refractivity contribution in [2.45, 2.75) is 32.3 Å². The average molecular weight is 419 g/mol. The van der Waals surface area contributed by atoms with Gasteiger partial charge in [-0.05, 0) is 37.8 Å². The third-order valence-electron chi connectivity index (χ3n) is 3.69. The van der Waals surface area contributed by atoms with E-state index in [-0.39, 0.29) is 30.1 Å². The Kier molecular flexibility index (Phi) is 8.37. The van der Waals surface area contributed by atoms with Crippen LogP contribution in [-0.2, 0) is 0 Å². The van der Waals surface area contributed by atoms with Gasteiger partial charge in [0.1, 0.15) is 17.6 Å². The van der Waals surface area contributed by atoms with Crippen molar-refractivity contribution in [2.75, 3.05) is 20.2 Å². The molecule has 1 unspecified atom stereocenters. The smallest absolute Gasteiger partial charge is 0.188 e. The van der Waals surface area contributed by atoms with E-state index >= 15 is 0 Å². The van der Waals surface area contributed by atoms with E-state index in [2.05, 4.69) is 10.3 Å². The lowest BCUT2D eigenvalue weighted by Gasteiger charge is -2.25. The first-order valence-corrected chi connectivity index (χ1v) is 7.52. The topological polar surface area (TPSA) is 68.9 Å². The Morgan fingerprint density at radius 1 is 1.41 bits per heavy atom. The average Bonchev–Trinajstić information content (AvgIpc) is 2.43. The normalized spacial score (nSPS) is 16.2.